The van der Waals surface area contributed by atoms with Crippen LogP contribution in [-0.2, 0) is 31.0 Å². The quantitative estimate of drug-likeness (QED) is 0.0731. The van der Waals surface area contributed by atoms with Gasteiger partial charge < -0.3 is 40.3 Å². The molecule has 1 aliphatic heterocycles. The number of imidazole rings is 2. The molecule has 0 saturated carbocycles. The lowest BCUT2D eigenvalue weighted by Gasteiger charge is -2.30. The molecule has 0 radical (unpaired) electrons. The van der Waals surface area contributed by atoms with E-state index in [-0.39, 0.29) is 60.4 Å². The Labute approximate surface area is 379 Å². The third kappa shape index (κ3) is 9.79. The highest BCUT2D eigenvalue weighted by Gasteiger charge is 2.25. The largest absolute Gasteiger partial charge is 0.494 e. The lowest BCUT2D eigenvalue weighted by Crippen LogP contribution is -2.44. The number of allylic oxidation sites excluding steroid dienone is 2. The van der Waals surface area contributed by atoms with Crippen molar-refractivity contribution in [1.82, 2.24) is 48.9 Å². The van der Waals surface area contributed by atoms with Gasteiger partial charge in [-0.1, -0.05) is 18.2 Å². The number of hydrogen-bond acceptors (Lipinski definition) is 12. The van der Waals surface area contributed by atoms with Crippen molar-refractivity contribution >= 4 is 63.5 Å². The molecule has 1 atom stereocenters. The maximum absolute atomic E-state index is 13.9. The van der Waals surface area contributed by atoms with Gasteiger partial charge in [0.1, 0.15) is 40.5 Å². The zero-order valence-corrected chi connectivity index (χ0v) is 37.8. The molecule has 0 spiro atoms. The molecule has 66 heavy (non-hydrogen) atoms. The number of rotatable bonds is 19. The molecule has 5 amide bonds. The third-order valence-corrected chi connectivity index (χ3v) is 11.2. The number of likely N-dealkylation sites (tertiary alicyclic amines) is 1. The van der Waals surface area contributed by atoms with E-state index in [1.165, 1.54) is 31.4 Å². The Morgan fingerprint density at radius 3 is 1.71 bits per heavy atom. The Kier molecular flexibility index (Phi) is 13.9. The normalized spacial score (nSPS) is 14.2. The molecule has 5 heterocycles. The van der Waals surface area contributed by atoms with E-state index in [9.17, 15) is 24.0 Å². The Hall–Kier alpha value is -7.81. The number of hydrogen-bond donors (Lipinski definition) is 5. The van der Waals surface area contributed by atoms with Crippen LogP contribution in [0.1, 0.15) is 79.8 Å². The van der Waals surface area contributed by atoms with E-state index in [4.69, 9.17) is 30.9 Å². The molecule has 21 nitrogen and oxygen atoms in total. The number of nitrogens with one attached hydrogen (secondary N) is 3. The number of benzene rings is 2. The summed E-state index contributed by atoms with van der Waals surface area (Å²) < 4.78 is 18.6. The van der Waals surface area contributed by atoms with Crippen molar-refractivity contribution in [3.05, 3.63) is 94.6 Å². The summed E-state index contributed by atoms with van der Waals surface area (Å²) in [5, 5.41) is 17.8. The molecule has 21 heteroatoms. The van der Waals surface area contributed by atoms with Crippen LogP contribution in [0, 0.1) is 13.8 Å². The number of carbonyl (C=O) groups excluding carboxylic acids is 5. The minimum Gasteiger partial charge on any atom is -0.494 e. The maximum Gasteiger partial charge on any atom is 0.276 e. The first-order chi connectivity index (χ1) is 31.7. The number of primary amides is 2. The number of ether oxygens (including phenoxy) is 2. The van der Waals surface area contributed by atoms with Gasteiger partial charge in [-0.15, -0.1) is 0 Å². The van der Waals surface area contributed by atoms with Gasteiger partial charge in [-0.2, -0.15) is 10.2 Å². The number of carbonyl (C=O) groups is 5. The molecule has 7 N–H and O–H groups in total. The molecule has 346 valence electrons. The summed E-state index contributed by atoms with van der Waals surface area (Å²) in [6.45, 7) is 9.66. The number of amides is 5. The monoisotopic (exact) mass is 902 g/mol. The number of nitrogens with zero attached hydrogens (tertiary/aromatic N) is 9. The molecule has 4 aromatic heterocycles. The van der Waals surface area contributed by atoms with Gasteiger partial charge in [0.25, 0.3) is 11.8 Å². The van der Waals surface area contributed by atoms with Crippen LogP contribution in [0.4, 0.5) is 11.9 Å². The van der Waals surface area contributed by atoms with E-state index in [1.54, 1.807) is 55.5 Å². The molecule has 6 aromatic rings. The van der Waals surface area contributed by atoms with Crippen LogP contribution in [0.15, 0.2) is 60.7 Å². The number of piperidine rings is 1. The number of aryl methyl sites for hydroxylation is 4. The zero-order chi connectivity index (χ0) is 47.2. The first-order valence-corrected chi connectivity index (χ1v) is 21.5. The molecule has 0 aliphatic carbocycles. The van der Waals surface area contributed by atoms with E-state index in [2.05, 4.69) is 26.1 Å². The van der Waals surface area contributed by atoms with Crippen molar-refractivity contribution in [2.75, 3.05) is 44.5 Å². The van der Waals surface area contributed by atoms with Crippen LogP contribution < -0.4 is 36.9 Å². The summed E-state index contributed by atoms with van der Waals surface area (Å²) in [5.74, 6) is -1.33. The van der Waals surface area contributed by atoms with Crippen molar-refractivity contribution in [3.63, 3.8) is 0 Å². The third-order valence-electron chi connectivity index (χ3n) is 11.2. The van der Waals surface area contributed by atoms with Crippen LogP contribution >= 0.6 is 0 Å². The smallest absolute Gasteiger partial charge is 0.276 e. The number of fused-ring (bicyclic) bond motifs is 2. The first kappa shape index (κ1) is 46.2. The average Bonchev–Trinajstić information content (AvgIpc) is 4.06. The summed E-state index contributed by atoms with van der Waals surface area (Å²) in [4.78, 5) is 76.3. The minimum atomic E-state index is -0.703. The molecule has 1 unspecified atom stereocenters. The predicted molar refractivity (Wildman–Crippen MR) is 247 cm³/mol. The highest BCUT2D eigenvalue weighted by Crippen LogP contribution is 2.33. The number of nitrogens with two attached hydrogens (primary N) is 2. The van der Waals surface area contributed by atoms with Crippen LogP contribution in [-0.4, -0.2) is 113 Å². The van der Waals surface area contributed by atoms with Gasteiger partial charge >= 0.3 is 0 Å². The van der Waals surface area contributed by atoms with E-state index in [1.807, 2.05) is 39.1 Å². The fraction of sp³-hybridized carbons (Fsp3) is 0.356. The summed E-state index contributed by atoms with van der Waals surface area (Å²) in [5.41, 5.74) is 15.4. The summed E-state index contributed by atoms with van der Waals surface area (Å²) >= 11 is 0. The molecule has 1 aliphatic rings. The first-order valence-electron chi connectivity index (χ1n) is 21.5. The molecular formula is C45H54N14O7. The second-order valence-corrected chi connectivity index (χ2v) is 15.7. The topological polar surface area (TPSA) is 266 Å². The SMILES string of the molecule is CCn1nc(C)cc1C(=O)Nc1nc2cc(C(N)=O)cc(OC)c2n1C/C=C/Cn1c(NC(=O)c2cc(C)nn2CC)nc2cc(C(N)=O)cc(OC/C=C/CN3CCC(NC)CC3=O)c21. The van der Waals surface area contributed by atoms with Gasteiger partial charge in [0.05, 0.1) is 29.5 Å². The van der Waals surface area contributed by atoms with Gasteiger partial charge in [-0.3, -0.25) is 44.0 Å². The average molecular weight is 903 g/mol. The Bertz CT molecular complexity index is 2900. The van der Waals surface area contributed by atoms with Crippen molar-refractivity contribution in [2.45, 2.75) is 72.8 Å². The number of methoxy groups -OCH3 is 1. The molecule has 0 bridgehead atoms. The highest BCUT2D eigenvalue weighted by atomic mass is 16.5. The lowest BCUT2D eigenvalue weighted by atomic mass is 10.0. The Morgan fingerprint density at radius 2 is 1.24 bits per heavy atom. The molecule has 7 rings (SSSR count). The fourth-order valence-electron chi connectivity index (χ4n) is 7.91. The van der Waals surface area contributed by atoms with E-state index in [0.29, 0.717) is 83.2 Å². The van der Waals surface area contributed by atoms with E-state index in [0.717, 1.165) is 6.42 Å². The van der Waals surface area contributed by atoms with Gasteiger partial charge in [0.2, 0.25) is 29.6 Å². The standard InChI is InChI=1S/C45H54N14O7/c1-7-58-33(19-26(3)53-58)42(63)51-44-49-31-21-28(40(46)61)23-35(65-6)38(31)56(44)15-9-10-16-57-39-32(50-45(57)52-43(64)34-20-27(4)54-59(34)8-2)22-29(41(47)62)24-36(39)66-18-12-11-14-55-17-13-30(48-5)25-37(55)60/h9-12,19-24,30,48H,7-8,13-18,25H2,1-6H3,(H2,46,61)(H2,47,62)(H,49,51,63)(H,50,52,64)/b10-9+,12-11+. The second kappa shape index (κ2) is 19.9. The van der Waals surface area contributed by atoms with Gasteiger partial charge in [0, 0.05) is 62.9 Å². The van der Waals surface area contributed by atoms with Crippen LogP contribution in [0.3, 0.4) is 0 Å². The second-order valence-electron chi connectivity index (χ2n) is 15.7. The van der Waals surface area contributed by atoms with Crippen molar-refractivity contribution in [1.29, 1.82) is 0 Å². The Morgan fingerprint density at radius 1 is 0.742 bits per heavy atom. The van der Waals surface area contributed by atoms with Gasteiger partial charge in [0.15, 0.2) is 0 Å². The lowest BCUT2D eigenvalue weighted by molar-refractivity contribution is -0.133. The summed E-state index contributed by atoms with van der Waals surface area (Å²) in [6.07, 6.45) is 8.60. The van der Waals surface area contributed by atoms with Crippen molar-refractivity contribution in [3.8, 4) is 11.5 Å². The van der Waals surface area contributed by atoms with E-state index >= 15 is 0 Å². The number of anilines is 2. The summed E-state index contributed by atoms with van der Waals surface area (Å²) in [6, 6.07) is 9.61. The molecule has 1 saturated heterocycles. The highest BCUT2D eigenvalue weighted by molar-refractivity contribution is 6.05. The molecule has 2 aromatic carbocycles. The van der Waals surface area contributed by atoms with E-state index < -0.39 is 23.6 Å². The van der Waals surface area contributed by atoms with Gasteiger partial charge in [-0.05, 0) is 83.6 Å². The zero-order valence-electron chi connectivity index (χ0n) is 37.8. The summed E-state index contributed by atoms with van der Waals surface area (Å²) in [7, 11) is 3.31. The predicted octanol–water partition coefficient (Wildman–Crippen LogP) is 3.55. The molecular weight excluding hydrogens is 849 g/mol. The fourth-order valence-corrected chi connectivity index (χ4v) is 7.91. The maximum atomic E-state index is 13.9. The van der Waals surface area contributed by atoms with Crippen LogP contribution in [0.2, 0.25) is 0 Å². The van der Waals surface area contributed by atoms with Crippen LogP contribution in [0.25, 0.3) is 22.1 Å². The minimum absolute atomic E-state index is 0.0690. The van der Waals surface area contributed by atoms with Crippen molar-refractivity contribution in [2.24, 2.45) is 11.5 Å². The molecule has 1 fully saturated rings. The van der Waals surface area contributed by atoms with Crippen LogP contribution in [0.5, 0.6) is 11.5 Å². The van der Waals surface area contributed by atoms with Gasteiger partial charge in [-0.25, -0.2) is 9.97 Å². The number of aromatic nitrogens is 8. The Balaban J connectivity index is 1.24. The van der Waals surface area contributed by atoms with Crippen molar-refractivity contribution < 1.29 is 33.4 Å².